The molecule has 1 aromatic heterocycles. The molecule has 3 aromatic carbocycles. The van der Waals surface area contributed by atoms with Crippen LogP contribution in [-0.2, 0) is 6.54 Å². The summed E-state index contributed by atoms with van der Waals surface area (Å²) in [7, 11) is 6.18. The van der Waals surface area contributed by atoms with E-state index in [4.69, 9.17) is 18.9 Å². The fourth-order valence-electron chi connectivity index (χ4n) is 7.77. The number of methoxy groups -OCH3 is 4. The Morgan fingerprint density at radius 3 is 2.12 bits per heavy atom. The summed E-state index contributed by atoms with van der Waals surface area (Å²) in [6.07, 6.45) is 0.991. The molecule has 2 bridgehead atoms. The van der Waals surface area contributed by atoms with Crippen molar-refractivity contribution in [3.63, 3.8) is 0 Å². The monoisotopic (exact) mass is 693 g/mol. The molecule has 3 aliphatic heterocycles. The lowest BCUT2D eigenvalue weighted by Crippen LogP contribution is -2.49. The van der Waals surface area contributed by atoms with Crippen molar-refractivity contribution >= 4 is 28.9 Å². The third-order valence-corrected chi connectivity index (χ3v) is 10.2. The summed E-state index contributed by atoms with van der Waals surface area (Å²) >= 11 is 0. The number of benzene rings is 3. The standard InChI is InChI=1S/C39H43N5O7/c1-48-33-10-6-5-8-32(33)41-14-16-42(17-15-41)39(47)26-12-13-31(43-22-25-18-28(24-43)30-9-7-11-36(45)44(30)23-25)29(19-26)40-38(46)27-20-34(49-2)37(51-4)35(21-27)50-3/h5-13,19-21,25,28H,14-18,22-24H2,1-4H3,(H,40,46)/t25-,28+/m1/s1. The van der Waals surface area contributed by atoms with E-state index < -0.39 is 0 Å². The highest BCUT2D eigenvalue weighted by Crippen LogP contribution is 2.41. The predicted octanol–water partition coefficient (Wildman–Crippen LogP) is 4.72. The van der Waals surface area contributed by atoms with Gasteiger partial charge in [-0.25, -0.2) is 0 Å². The average molecular weight is 694 g/mol. The Balaban J connectivity index is 1.18. The lowest BCUT2D eigenvalue weighted by molar-refractivity contribution is 0.0746. The number of pyridine rings is 1. The number of carbonyl (C=O) groups is 2. The molecule has 2 atom stereocenters. The molecule has 1 N–H and O–H groups in total. The Morgan fingerprint density at radius 1 is 0.686 bits per heavy atom. The van der Waals surface area contributed by atoms with E-state index in [1.54, 1.807) is 31.4 Å². The Kier molecular flexibility index (Phi) is 9.48. The van der Waals surface area contributed by atoms with E-state index >= 15 is 0 Å². The number of carbonyl (C=O) groups excluding carboxylic acids is 2. The number of para-hydroxylation sites is 2. The number of hydrogen-bond acceptors (Lipinski definition) is 9. The summed E-state index contributed by atoms with van der Waals surface area (Å²) in [5.41, 5.74) is 4.20. The Labute approximate surface area is 297 Å². The smallest absolute Gasteiger partial charge is 0.255 e. The third-order valence-electron chi connectivity index (χ3n) is 10.2. The predicted molar refractivity (Wildman–Crippen MR) is 195 cm³/mol. The van der Waals surface area contributed by atoms with E-state index in [1.807, 2.05) is 58.0 Å². The van der Waals surface area contributed by atoms with E-state index in [2.05, 4.69) is 15.1 Å². The average Bonchev–Trinajstić information content (AvgIpc) is 3.17. The maximum absolute atomic E-state index is 14.0. The SMILES string of the molecule is COc1ccccc1N1CCN(C(=O)c2ccc(N3C[C@H]4C[C@@H](C3)c3cccc(=O)n3C4)c(NC(=O)c3cc(OC)c(OC)c(OC)c3)c2)CC1. The molecule has 4 heterocycles. The quantitative estimate of drug-likeness (QED) is 0.266. The number of fused-ring (bicyclic) bond motifs is 4. The van der Waals surface area contributed by atoms with Gasteiger partial charge in [0.2, 0.25) is 5.75 Å². The molecular formula is C39H43N5O7. The maximum Gasteiger partial charge on any atom is 0.255 e. The fraction of sp³-hybridized carbons (Fsp3) is 0.359. The van der Waals surface area contributed by atoms with Gasteiger partial charge in [0.15, 0.2) is 11.5 Å². The first-order chi connectivity index (χ1) is 24.8. The van der Waals surface area contributed by atoms with Crippen LogP contribution >= 0.6 is 0 Å². The molecule has 12 heteroatoms. The van der Waals surface area contributed by atoms with E-state index in [1.165, 1.54) is 21.3 Å². The minimum absolute atomic E-state index is 0.0283. The fourth-order valence-corrected chi connectivity index (χ4v) is 7.77. The maximum atomic E-state index is 14.0. The number of hydrogen-bond donors (Lipinski definition) is 1. The number of anilines is 3. The number of nitrogens with one attached hydrogen (secondary N) is 1. The summed E-state index contributed by atoms with van der Waals surface area (Å²) in [6.45, 7) is 4.44. The van der Waals surface area contributed by atoms with Crippen molar-refractivity contribution in [3.8, 4) is 23.0 Å². The molecule has 3 aliphatic rings. The van der Waals surface area contributed by atoms with Gasteiger partial charge in [-0.3, -0.25) is 14.4 Å². The van der Waals surface area contributed by atoms with Gasteiger partial charge in [-0.05, 0) is 60.9 Å². The normalized spacial score (nSPS) is 18.1. The largest absolute Gasteiger partial charge is 0.495 e. The van der Waals surface area contributed by atoms with Crippen molar-refractivity contribution in [1.29, 1.82) is 0 Å². The molecule has 0 saturated carbocycles. The van der Waals surface area contributed by atoms with Crippen LogP contribution in [0.25, 0.3) is 0 Å². The second-order valence-corrected chi connectivity index (χ2v) is 13.2. The van der Waals surface area contributed by atoms with Crippen LogP contribution < -0.4 is 39.6 Å². The van der Waals surface area contributed by atoms with Gasteiger partial charge in [0, 0.05) is 74.6 Å². The minimum atomic E-state index is -0.389. The second kappa shape index (κ2) is 14.3. The van der Waals surface area contributed by atoms with Crippen molar-refractivity contribution in [1.82, 2.24) is 9.47 Å². The van der Waals surface area contributed by atoms with Crippen molar-refractivity contribution < 1.29 is 28.5 Å². The molecule has 266 valence electrons. The molecule has 51 heavy (non-hydrogen) atoms. The van der Waals surface area contributed by atoms with Gasteiger partial charge in [0.1, 0.15) is 5.75 Å². The van der Waals surface area contributed by atoms with E-state index in [9.17, 15) is 14.4 Å². The number of rotatable bonds is 9. The van der Waals surface area contributed by atoms with Crippen LogP contribution in [0.4, 0.5) is 17.1 Å². The molecule has 0 spiro atoms. The van der Waals surface area contributed by atoms with Crippen LogP contribution in [0.2, 0.25) is 0 Å². The zero-order valence-corrected chi connectivity index (χ0v) is 29.4. The second-order valence-electron chi connectivity index (χ2n) is 13.2. The van der Waals surface area contributed by atoms with E-state index in [-0.39, 0.29) is 29.2 Å². The Morgan fingerprint density at radius 2 is 1.41 bits per heavy atom. The van der Waals surface area contributed by atoms with Crippen LogP contribution in [0, 0.1) is 5.92 Å². The summed E-state index contributed by atoms with van der Waals surface area (Å²) < 4.78 is 23.9. The lowest BCUT2D eigenvalue weighted by Gasteiger charge is -2.44. The van der Waals surface area contributed by atoms with Gasteiger partial charge >= 0.3 is 0 Å². The van der Waals surface area contributed by atoms with Crippen molar-refractivity contribution in [2.24, 2.45) is 5.92 Å². The highest BCUT2D eigenvalue weighted by molar-refractivity contribution is 6.08. The van der Waals surface area contributed by atoms with Gasteiger partial charge in [0.05, 0.1) is 45.5 Å². The number of piperidine rings is 1. The van der Waals surface area contributed by atoms with Crippen molar-refractivity contribution in [3.05, 3.63) is 100.0 Å². The van der Waals surface area contributed by atoms with Gasteiger partial charge in [-0.15, -0.1) is 0 Å². The first-order valence-corrected chi connectivity index (χ1v) is 17.2. The first kappa shape index (κ1) is 33.8. The molecule has 0 radical (unpaired) electrons. The summed E-state index contributed by atoms with van der Waals surface area (Å²) in [5, 5.41) is 3.12. The number of ether oxygens (including phenoxy) is 4. The number of aromatic nitrogens is 1. The number of piperazine rings is 1. The van der Waals surface area contributed by atoms with Crippen molar-refractivity contribution in [2.45, 2.75) is 18.9 Å². The highest BCUT2D eigenvalue weighted by atomic mass is 16.5. The van der Waals surface area contributed by atoms with Crippen LogP contribution in [0.5, 0.6) is 23.0 Å². The number of amides is 2. The molecule has 0 aliphatic carbocycles. The minimum Gasteiger partial charge on any atom is -0.495 e. The highest BCUT2D eigenvalue weighted by Gasteiger charge is 2.36. The molecule has 2 amide bonds. The van der Waals surface area contributed by atoms with Crippen molar-refractivity contribution in [2.75, 3.05) is 82.8 Å². The van der Waals surface area contributed by atoms with Gasteiger partial charge in [0.25, 0.3) is 17.4 Å². The van der Waals surface area contributed by atoms with Gasteiger partial charge in [-0.2, -0.15) is 0 Å². The molecule has 2 saturated heterocycles. The molecule has 12 nitrogen and oxygen atoms in total. The van der Waals surface area contributed by atoms with Crippen LogP contribution in [0.3, 0.4) is 0 Å². The topological polar surface area (TPSA) is 115 Å². The Bertz CT molecular complexity index is 1980. The van der Waals surface area contributed by atoms with Crippen LogP contribution in [0.1, 0.15) is 38.7 Å². The van der Waals surface area contributed by atoms with E-state index in [0.717, 1.165) is 29.2 Å². The zero-order chi connectivity index (χ0) is 35.6. The lowest BCUT2D eigenvalue weighted by atomic mass is 9.83. The van der Waals surface area contributed by atoms with Gasteiger partial charge in [-0.1, -0.05) is 18.2 Å². The summed E-state index contributed by atoms with van der Waals surface area (Å²) in [4.78, 5) is 47.0. The summed E-state index contributed by atoms with van der Waals surface area (Å²) in [6, 6.07) is 22.2. The van der Waals surface area contributed by atoms with E-state index in [0.29, 0.717) is 79.9 Å². The molecule has 0 unspecified atom stereocenters. The van der Waals surface area contributed by atoms with Crippen LogP contribution in [0.15, 0.2) is 77.6 Å². The molecule has 7 rings (SSSR count). The summed E-state index contributed by atoms with van der Waals surface area (Å²) in [5.74, 6) is 1.83. The van der Waals surface area contributed by atoms with Gasteiger partial charge < -0.3 is 43.5 Å². The zero-order valence-electron chi connectivity index (χ0n) is 29.4. The van der Waals surface area contributed by atoms with Crippen LogP contribution in [-0.4, -0.2) is 89.0 Å². The first-order valence-electron chi connectivity index (χ1n) is 17.2. The molecule has 4 aromatic rings. The Hall–Kier alpha value is -5.65. The molecular weight excluding hydrogens is 650 g/mol. The molecule has 2 fully saturated rings. The third kappa shape index (κ3) is 6.53. The number of nitrogens with zero attached hydrogens (tertiary/aromatic N) is 4.